The molecular formula is C22H27FN2O3. The summed E-state index contributed by atoms with van der Waals surface area (Å²) >= 11 is 0. The highest BCUT2D eigenvalue weighted by molar-refractivity contribution is 6.23. The summed E-state index contributed by atoms with van der Waals surface area (Å²) in [5, 5.41) is 0. The van der Waals surface area contributed by atoms with Gasteiger partial charge >= 0.3 is 0 Å². The van der Waals surface area contributed by atoms with Gasteiger partial charge in [-0.25, -0.2) is 9.29 Å². The van der Waals surface area contributed by atoms with E-state index in [2.05, 4.69) is 6.08 Å². The molecule has 1 saturated heterocycles. The molecule has 0 N–H and O–H groups in total. The van der Waals surface area contributed by atoms with Gasteiger partial charge in [0, 0.05) is 13.0 Å². The lowest BCUT2D eigenvalue weighted by Gasteiger charge is -2.28. The lowest BCUT2D eigenvalue weighted by molar-refractivity contribution is -0.138. The summed E-state index contributed by atoms with van der Waals surface area (Å²) in [6.07, 6.45) is 8.46. The van der Waals surface area contributed by atoms with Crippen LogP contribution in [0.1, 0.15) is 58.3 Å². The smallest absolute Gasteiger partial charge is 0.257 e. The van der Waals surface area contributed by atoms with Gasteiger partial charge in [-0.1, -0.05) is 18.6 Å². The van der Waals surface area contributed by atoms with Crippen molar-refractivity contribution >= 4 is 23.4 Å². The second-order valence-corrected chi connectivity index (χ2v) is 7.46. The van der Waals surface area contributed by atoms with Crippen LogP contribution in [0.4, 0.5) is 10.1 Å². The molecule has 5 nitrogen and oxygen atoms in total. The van der Waals surface area contributed by atoms with Crippen LogP contribution in [0.3, 0.4) is 0 Å². The van der Waals surface area contributed by atoms with Gasteiger partial charge in [-0.05, 0) is 62.8 Å². The first-order chi connectivity index (χ1) is 13.5. The fourth-order valence-electron chi connectivity index (χ4n) is 3.93. The Morgan fingerprint density at radius 3 is 2.61 bits per heavy atom. The average molecular weight is 386 g/mol. The number of halogens is 1. The third-order valence-electron chi connectivity index (χ3n) is 5.43. The first kappa shape index (κ1) is 20.2. The van der Waals surface area contributed by atoms with Crippen LogP contribution in [0.2, 0.25) is 0 Å². The summed E-state index contributed by atoms with van der Waals surface area (Å²) in [5.41, 5.74) is 1.67. The van der Waals surface area contributed by atoms with Crippen molar-refractivity contribution in [3.8, 4) is 0 Å². The Bertz CT molecular complexity index is 772. The van der Waals surface area contributed by atoms with Crippen LogP contribution in [0.25, 0.3) is 0 Å². The standard InChI is InChI=1S/C22H27FN2O3/c1-2-6-20(26)24(14-13-16-7-4-3-5-8-16)19-15-21(27)25(22(19)28)18-11-9-17(23)10-12-18/h7,9-12,19H,2-6,8,13-15H2,1H3. The normalized spacial score (nSPS) is 19.7. The Kier molecular flexibility index (Phi) is 6.60. The number of nitrogens with zero attached hydrogens (tertiary/aromatic N) is 2. The first-order valence-electron chi connectivity index (χ1n) is 10.1. The van der Waals surface area contributed by atoms with E-state index in [0.29, 0.717) is 25.1 Å². The zero-order chi connectivity index (χ0) is 20.1. The number of allylic oxidation sites excluding steroid dienone is 1. The van der Waals surface area contributed by atoms with Gasteiger partial charge in [-0.15, -0.1) is 0 Å². The lowest BCUT2D eigenvalue weighted by atomic mass is 9.97. The van der Waals surface area contributed by atoms with E-state index in [1.165, 1.54) is 36.3 Å². The molecule has 1 aromatic rings. The highest BCUT2D eigenvalue weighted by atomic mass is 19.1. The van der Waals surface area contributed by atoms with Crippen LogP contribution in [0.15, 0.2) is 35.9 Å². The number of amides is 3. The third-order valence-corrected chi connectivity index (χ3v) is 5.43. The zero-order valence-corrected chi connectivity index (χ0v) is 16.3. The predicted octanol–water partition coefficient (Wildman–Crippen LogP) is 3.98. The van der Waals surface area contributed by atoms with E-state index in [1.807, 2.05) is 6.92 Å². The van der Waals surface area contributed by atoms with Gasteiger partial charge in [0.15, 0.2) is 0 Å². The minimum absolute atomic E-state index is 0.0231. The Morgan fingerprint density at radius 1 is 1.21 bits per heavy atom. The van der Waals surface area contributed by atoms with E-state index in [0.717, 1.165) is 30.6 Å². The van der Waals surface area contributed by atoms with E-state index >= 15 is 0 Å². The maximum absolute atomic E-state index is 13.2. The topological polar surface area (TPSA) is 57.7 Å². The van der Waals surface area contributed by atoms with E-state index in [9.17, 15) is 18.8 Å². The van der Waals surface area contributed by atoms with Crippen molar-refractivity contribution in [2.45, 2.75) is 64.3 Å². The van der Waals surface area contributed by atoms with Crippen LogP contribution >= 0.6 is 0 Å². The molecule has 0 spiro atoms. The Labute approximate surface area is 165 Å². The van der Waals surface area contributed by atoms with Gasteiger partial charge < -0.3 is 4.90 Å². The average Bonchev–Trinajstić information content (AvgIpc) is 2.98. The molecule has 0 bridgehead atoms. The molecule has 1 unspecified atom stereocenters. The molecule has 1 aromatic carbocycles. The Balaban J connectivity index is 1.77. The summed E-state index contributed by atoms with van der Waals surface area (Å²) in [5.74, 6) is -1.28. The van der Waals surface area contributed by atoms with Crippen molar-refractivity contribution in [2.75, 3.05) is 11.4 Å². The summed E-state index contributed by atoms with van der Waals surface area (Å²) < 4.78 is 13.2. The quantitative estimate of drug-likeness (QED) is 0.526. The number of anilines is 1. The van der Waals surface area contributed by atoms with Crippen LogP contribution in [0, 0.1) is 5.82 Å². The number of carbonyl (C=O) groups excluding carboxylic acids is 3. The molecule has 3 amide bonds. The number of benzene rings is 1. The lowest BCUT2D eigenvalue weighted by Crippen LogP contribution is -2.46. The van der Waals surface area contributed by atoms with Gasteiger partial charge in [0.25, 0.3) is 5.91 Å². The van der Waals surface area contributed by atoms with Crippen LogP contribution < -0.4 is 4.90 Å². The van der Waals surface area contributed by atoms with Gasteiger partial charge in [0.1, 0.15) is 11.9 Å². The summed E-state index contributed by atoms with van der Waals surface area (Å²) in [6, 6.07) is 4.50. The van der Waals surface area contributed by atoms with Crippen molar-refractivity contribution < 1.29 is 18.8 Å². The number of imide groups is 1. The van der Waals surface area contributed by atoms with E-state index in [1.54, 1.807) is 4.90 Å². The van der Waals surface area contributed by atoms with Crippen molar-refractivity contribution in [3.63, 3.8) is 0 Å². The minimum atomic E-state index is -0.777. The molecule has 0 aromatic heterocycles. The van der Waals surface area contributed by atoms with Gasteiger partial charge in [0.2, 0.25) is 11.8 Å². The fraction of sp³-hybridized carbons (Fsp3) is 0.500. The van der Waals surface area contributed by atoms with Crippen molar-refractivity contribution in [2.24, 2.45) is 0 Å². The zero-order valence-electron chi connectivity index (χ0n) is 16.3. The molecule has 28 heavy (non-hydrogen) atoms. The molecule has 0 saturated carbocycles. The van der Waals surface area contributed by atoms with Crippen molar-refractivity contribution in [3.05, 3.63) is 41.7 Å². The predicted molar refractivity (Wildman–Crippen MR) is 105 cm³/mol. The monoisotopic (exact) mass is 386 g/mol. The second-order valence-electron chi connectivity index (χ2n) is 7.46. The molecule has 1 heterocycles. The number of hydrogen-bond acceptors (Lipinski definition) is 3. The van der Waals surface area contributed by atoms with E-state index in [4.69, 9.17) is 0 Å². The summed E-state index contributed by atoms with van der Waals surface area (Å²) in [4.78, 5) is 40.9. The second kappa shape index (κ2) is 9.13. The molecule has 2 aliphatic rings. The summed E-state index contributed by atoms with van der Waals surface area (Å²) in [6.45, 7) is 2.37. The fourth-order valence-corrected chi connectivity index (χ4v) is 3.93. The highest BCUT2D eigenvalue weighted by Crippen LogP contribution is 2.28. The van der Waals surface area contributed by atoms with Crippen LogP contribution in [-0.4, -0.2) is 35.2 Å². The number of rotatable bonds is 7. The third kappa shape index (κ3) is 4.49. The molecule has 0 radical (unpaired) electrons. The minimum Gasteiger partial charge on any atom is -0.330 e. The maximum Gasteiger partial charge on any atom is 0.257 e. The van der Waals surface area contributed by atoms with E-state index < -0.39 is 17.8 Å². The molecule has 6 heteroatoms. The molecule has 1 atom stereocenters. The Morgan fingerprint density at radius 2 is 1.96 bits per heavy atom. The molecule has 1 aliphatic carbocycles. The Hall–Kier alpha value is -2.50. The maximum atomic E-state index is 13.2. The highest BCUT2D eigenvalue weighted by Gasteiger charge is 2.44. The van der Waals surface area contributed by atoms with Gasteiger partial charge in [-0.3, -0.25) is 14.4 Å². The molecule has 3 rings (SSSR count). The molecule has 1 fully saturated rings. The van der Waals surface area contributed by atoms with Gasteiger partial charge in [-0.2, -0.15) is 0 Å². The van der Waals surface area contributed by atoms with Crippen LogP contribution in [0.5, 0.6) is 0 Å². The largest absolute Gasteiger partial charge is 0.330 e. The van der Waals surface area contributed by atoms with Crippen molar-refractivity contribution in [1.82, 2.24) is 4.90 Å². The number of carbonyl (C=O) groups is 3. The summed E-state index contributed by atoms with van der Waals surface area (Å²) in [7, 11) is 0. The van der Waals surface area contributed by atoms with Gasteiger partial charge in [0.05, 0.1) is 12.1 Å². The molecule has 150 valence electrons. The SMILES string of the molecule is CCCC(=O)N(CCC1=CCCCC1)C1CC(=O)N(c2ccc(F)cc2)C1=O. The van der Waals surface area contributed by atoms with E-state index in [-0.39, 0.29) is 18.2 Å². The van der Waals surface area contributed by atoms with Crippen molar-refractivity contribution in [1.29, 1.82) is 0 Å². The molecule has 1 aliphatic heterocycles. The number of hydrogen-bond donors (Lipinski definition) is 0. The van der Waals surface area contributed by atoms with Crippen LogP contribution in [-0.2, 0) is 14.4 Å². The first-order valence-corrected chi connectivity index (χ1v) is 10.1. The molecular weight excluding hydrogens is 359 g/mol.